The minimum atomic E-state index is -5.02. The van der Waals surface area contributed by atoms with Gasteiger partial charge in [-0.25, -0.2) is 9.13 Å². The second-order valence-corrected chi connectivity index (χ2v) is 29.5. The lowest BCUT2D eigenvalue weighted by atomic mass is 10.1. The summed E-state index contributed by atoms with van der Waals surface area (Å²) in [4.78, 5) is 73.1. The number of hydrogen-bond acceptors (Lipinski definition) is 15. The van der Waals surface area contributed by atoms with Crippen LogP contribution in [0.25, 0.3) is 0 Å². The molecule has 108 heavy (non-hydrogen) atoms. The molecular formula is C89H144O17P2. The molecule has 0 bridgehead atoms. The molecule has 3 N–H and O–H groups in total. The molecule has 17 nitrogen and oxygen atoms in total. The molecule has 5 atom stereocenters. The van der Waals surface area contributed by atoms with Gasteiger partial charge in [0.15, 0.2) is 12.2 Å². The van der Waals surface area contributed by atoms with E-state index in [0.717, 1.165) is 141 Å². The number of aliphatic hydroxyl groups excluding tert-OH is 1. The first kappa shape index (κ1) is 102. The van der Waals surface area contributed by atoms with E-state index in [4.69, 9.17) is 37.0 Å². The van der Waals surface area contributed by atoms with Crippen LogP contribution >= 0.6 is 15.6 Å². The summed E-state index contributed by atoms with van der Waals surface area (Å²) in [5.41, 5.74) is 0. The standard InChI is InChI=1S/C89H144O17P2/c1-5-9-13-17-21-25-29-33-36-39-41-44-46-50-54-58-62-66-70-74-87(92)100-80-85(106-88(93)75-71-67-63-59-55-51-47-43-38-35-31-27-23-19-15-11-7-3)82-104-108(97,98)102-78-83(90)77-101-107(95,96)103-81-84(79-99-86(91)73-69-65-61-57-53-49-32-28-24-20-16-12-8-4)105-89(94)76-72-68-64-60-56-52-48-45-42-40-37-34-30-26-22-18-14-10-6-2/h9,13,21-23,25-28,32-38,41-42,44-45,47,50-52,54,56,59,63-64,68,83-85,90H,5-8,10-12,14-20,24,29-31,39-40,43,46,48-49,53,55,57-58,60-62,65-67,69-82H2,1-4H3,(H,95,96)(H,97,98)/b13-9-,25-21-,26-22-,27-23-,32-28-,36-33-,37-34-,38-35-,44-41-,45-42-,51-47-,54-50-,56-52-,63-59-,68-64-/t83-,84+,85+/m0/s1. The van der Waals surface area contributed by atoms with Crippen molar-refractivity contribution >= 4 is 39.5 Å². The summed E-state index contributed by atoms with van der Waals surface area (Å²) in [7, 11) is -10.0. The average molecular weight is 1550 g/mol. The van der Waals surface area contributed by atoms with Crippen LogP contribution in [-0.2, 0) is 65.4 Å². The maximum atomic E-state index is 13.1. The summed E-state index contributed by atoms with van der Waals surface area (Å²) >= 11 is 0. The highest BCUT2D eigenvalue weighted by Crippen LogP contribution is 2.45. The SMILES string of the molecule is CC/C=C\C/C=C\C/C=C\C/C=C\C/C=C\CCCCCC(=O)OC[C@H](COP(=O)(O)OC[C@@H](O)COP(=O)(O)OC[C@@H](COC(=O)CCCCCCC/C=C\CCCCCC)OC(=O)CC/C=C\C/C=C\C/C=C\C/C=C\C/C=C\CCCCC)OC(=O)CCC/C=C\C/C=C\C/C=C\C/C=C\CCCCC. The van der Waals surface area contributed by atoms with Gasteiger partial charge in [-0.05, 0) is 173 Å². The van der Waals surface area contributed by atoms with E-state index in [9.17, 15) is 43.2 Å². The Hall–Kier alpha value is -5.84. The van der Waals surface area contributed by atoms with Gasteiger partial charge in [0.2, 0.25) is 0 Å². The van der Waals surface area contributed by atoms with Crippen molar-refractivity contribution in [3.05, 3.63) is 182 Å². The second-order valence-electron chi connectivity index (χ2n) is 26.6. The number of allylic oxidation sites excluding steroid dienone is 30. The van der Waals surface area contributed by atoms with E-state index in [2.05, 4.69) is 180 Å². The molecule has 0 spiro atoms. The van der Waals surface area contributed by atoms with Crippen LogP contribution in [0.4, 0.5) is 0 Å². The number of phosphoric ester groups is 2. The maximum Gasteiger partial charge on any atom is 0.472 e. The zero-order valence-electron chi connectivity index (χ0n) is 66.9. The summed E-state index contributed by atoms with van der Waals surface area (Å²) in [6, 6.07) is 0. The number of ether oxygens (including phenoxy) is 4. The Morgan fingerprint density at radius 1 is 0.269 bits per heavy atom. The van der Waals surface area contributed by atoms with Gasteiger partial charge in [0.1, 0.15) is 19.3 Å². The number of unbranched alkanes of at least 4 members (excludes halogenated alkanes) is 19. The predicted octanol–water partition coefficient (Wildman–Crippen LogP) is 24.3. The summed E-state index contributed by atoms with van der Waals surface area (Å²) < 4.78 is 68.5. The predicted molar refractivity (Wildman–Crippen MR) is 445 cm³/mol. The minimum absolute atomic E-state index is 0.00222. The fourth-order valence-corrected chi connectivity index (χ4v) is 11.7. The van der Waals surface area contributed by atoms with Crippen molar-refractivity contribution in [2.75, 3.05) is 39.6 Å². The Morgan fingerprint density at radius 2 is 0.509 bits per heavy atom. The van der Waals surface area contributed by atoms with Crippen molar-refractivity contribution < 1.29 is 80.2 Å². The van der Waals surface area contributed by atoms with Crippen LogP contribution in [0.15, 0.2) is 182 Å². The van der Waals surface area contributed by atoms with Gasteiger partial charge >= 0.3 is 39.5 Å². The normalized spacial score (nSPS) is 14.8. The van der Waals surface area contributed by atoms with Crippen molar-refractivity contribution in [2.45, 2.75) is 316 Å². The van der Waals surface area contributed by atoms with Crippen molar-refractivity contribution in [2.24, 2.45) is 0 Å². The van der Waals surface area contributed by atoms with Gasteiger partial charge in [-0.2, -0.15) is 0 Å². The van der Waals surface area contributed by atoms with Gasteiger partial charge in [0, 0.05) is 25.7 Å². The van der Waals surface area contributed by atoms with Crippen LogP contribution < -0.4 is 0 Å². The molecule has 0 radical (unpaired) electrons. The van der Waals surface area contributed by atoms with E-state index >= 15 is 0 Å². The summed E-state index contributed by atoms with van der Waals surface area (Å²) in [5, 5.41) is 10.7. The number of aliphatic hydroxyl groups is 1. The second kappa shape index (κ2) is 79.3. The molecule has 0 amide bonds. The van der Waals surface area contributed by atoms with Crippen LogP contribution in [0.1, 0.15) is 297 Å². The van der Waals surface area contributed by atoms with Crippen molar-refractivity contribution in [1.29, 1.82) is 0 Å². The molecule has 0 fully saturated rings. The van der Waals surface area contributed by atoms with Crippen LogP contribution in [0.5, 0.6) is 0 Å². The first-order chi connectivity index (χ1) is 52.7. The molecule has 19 heteroatoms. The molecule has 0 aromatic rings. The highest BCUT2D eigenvalue weighted by molar-refractivity contribution is 7.47. The van der Waals surface area contributed by atoms with Crippen LogP contribution in [0, 0.1) is 0 Å². The minimum Gasteiger partial charge on any atom is -0.462 e. The summed E-state index contributed by atoms with van der Waals surface area (Å²) in [6.45, 7) is 4.48. The smallest absolute Gasteiger partial charge is 0.462 e. The van der Waals surface area contributed by atoms with Crippen molar-refractivity contribution in [3.63, 3.8) is 0 Å². The van der Waals surface area contributed by atoms with Gasteiger partial charge in [-0.15, -0.1) is 0 Å². The number of hydrogen-bond donors (Lipinski definition) is 3. The Morgan fingerprint density at radius 3 is 0.861 bits per heavy atom. The van der Waals surface area contributed by atoms with Crippen molar-refractivity contribution in [1.82, 2.24) is 0 Å². The largest absolute Gasteiger partial charge is 0.472 e. The Labute approximate surface area is 654 Å². The number of esters is 4. The van der Waals surface area contributed by atoms with E-state index in [1.807, 2.05) is 30.4 Å². The lowest BCUT2D eigenvalue weighted by molar-refractivity contribution is -0.161. The van der Waals surface area contributed by atoms with E-state index in [-0.39, 0.29) is 25.7 Å². The first-order valence-corrected chi connectivity index (χ1v) is 44.0. The molecule has 0 heterocycles. The molecule has 0 saturated heterocycles. The zero-order valence-corrected chi connectivity index (χ0v) is 68.7. The molecule has 612 valence electrons. The molecule has 0 aromatic carbocycles. The van der Waals surface area contributed by atoms with Gasteiger partial charge in [-0.3, -0.25) is 37.3 Å². The third-order valence-corrected chi connectivity index (χ3v) is 18.2. The zero-order chi connectivity index (χ0) is 78.9. The maximum absolute atomic E-state index is 13.1. The molecular weight excluding hydrogens is 1400 g/mol. The van der Waals surface area contributed by atoms with E-state index in [0.29, 0.717) is 38.5 Å². The summed E-state index contributed by atoms with van der Waals surface area (Å²) in [5.74, 6) is -2.40. The van der Waals surface area contributed by atoms with Gasteiger partial charge in [0.05, 0.1) is 26.4 Å². The first-order valence-electron chi connectivity index (χ1n) is 41.0. The molecule has 0 aliphatic carbocycles. The molecule has 0 aliphatic heterocycles. The number of rotatable bonds is 75. The van der Waals surface area contributed by atoms with Gasteiger partial charge in [0.25, 0.3) is 0 Å². The number of phosphoric acid groups is 2. The van der Waals surface area contributed by atoms with E-state index in [1.165, 1.54) is 64.2 Å². The lowest BCUT2D eigenvalue weighted by Gasteiger charge is -2.21. The van der Waals surface area contributed by atoms with Crippen LogP contribution in [0.3, 0.4) is 0 Å². The van der Waals surface area contributed by atoms with Crippen LogP contribution in [-0.4, -0.2) is 96.7 Å². The third kappa shape index (κ3) is 78.3. The topological polar surface area (TPSA) is 237 Å². The molecule has 0 saturated carbocycles. The lowest BCUT2D eigenvalue weighted by Crippen LogP contribution is -2.30. The highest BCUT2D eigenvalue weighted by Gasteiger charge is 2.30. The van der Waals surface area contributed by atoms with E-state index < -0.39 is 97.5 Å². The molecule has 2 unspecified atom stereocenters. The summed E-state index contributed by atoms with van der Waals surface area (Å²) in [6.07, 6.45) is 96.0. The fraction of sp³-hybridized carbons (Fsp3) is 0.618. The van der Waals surface area contributed by atoms with Gasteiger partial charge < -0.3 is 33.8 Å². The Kier molecular flexibility index (Phi) is 75.0. The average Bonchev–Trinajstić information content (AvgIpc) is 0.892. The third-order valence-electron chi connectivity index (χ3n) is 16.3. The number of carbonyl (C=O) groups excluding carboxylic acids is 4. The fourth-order valence-electron chi connectivity index (χ4n) is 10.1. The number of carbonyl (C=O) groups is 4. The highest BCUT2D eigenvalue weighted by atomic mass is 31.2. The molecule has 0 aromatic heterocycles. The van der Waals surface area contributed by atoms with Gasteiger partial charge in [-0.1, -0.05) is 281 Å². The molecule has 0 rings (SSSR count). The van der Waals surface area contributed by atoms with Crippen molar-refractivity contribution in [3.8, 4) is 0 Å². The Bertz CT molecular complexity index is 2760. The monoisotopic (exact) mass is 1550 g/mol. The molecule has 0 aliphatic rings. The van der Waals surface area contributed by atoms with Crippen LogP contribution in [0.2, 0.25) is 0 Å². The quantitative estimate of drug-likeness (QED) is 0.0169. The van der Waals surface area contributed by atoms with E-state index in [1.54, 1.807) is 0 Å². The Balaban J connectivity index is 5.54.